The van der Waals surface area contributed by atoms with Gasteiger partial charge in [-0.15, -0.1) is 11.8 Å². The molecule has 1 saturated heterocycles. The number of para-hydroxylation sites is 1. The number of anilines is 1. The second-order valence-corrected chi connectivity index (χ2v) is 8.59. The molecule has 1 aromatic rings. The van der Waals surface area contributed by atoms with Gasteiger partial charge in [0.25, 0.3) is 0 Å². The number of hydrogen-bond donors (Lipinski definition) is 1. The van der Waals surface area contributed by atoms with Gasteiger partial charge >= 0.3 is 6.09 Å². The maximum absolute atomic E-state index is 12.1. The molecule has 1 aliphatic heterocycles. The number of nitrogens with one attached hydrogen (secondary N) is 1. The Morgan fingerprint density at radius 1 is 1.21 bits per heavy atom. The van der Waals surface area contributed by atoms with Crippen LogP contribution in [-0.4, -0.2) is 65.7 Å². The number of rotatable bonds is 6. The fourth-order valence-electron chi connectivity index (χ4n) is 2.64. The normalized spacial score (nSPS) is 14.4. The van der Waals surface area contributed by atoms with E-state index >= 15 is 0 Å². The van der Waals surface area contributed by atoms with Gasteiger partial charge in [-0.3, -0.25) is 10.3 Å². The number of hydrogen-bond acceptors (Lipinski definition) is 8. The standard InChI is InChI=1S/C20H26N6O2S/c1-20(2,3)28-19(27)26-10-8-25(9-11-26)12-13-29-18-7-5-4-6-17(18)24-23-16(14-21)15-22/h4-7,24H,8-13H2,1-3H3. The number of nitriles is 2. The molecule has 9 heteroatoms. The number of benzene rings is 1. The molecule has 29 heavy (non-hydrogen) atoms. The summed E-state index contributed by atoms with van der Waals surface area (Å²) in [6, 6.07) is 11.1. The predicted octanol–water partition coefficient (Wildman–Crippen LogP) is 3.15. The first-order valence-corrected chi connectivity index (χ1v) is 10.4. The summed E-state index contributed by atoms with van der Waals surface area (Å²) >= 11 is 1.68. The van der Waals surface area contributed by atoms with Crippen LogP contribution in [0.5, 0.6) is 0 Å². The van der Waals surface area contributed by atoms with Crippen molar-refractivity contribution in [2.75, 3.05) is 43.9 Å². The summed E-state index contributed by atoms with van der Waals surface area (Å²) in [4.78, 5) is 17.2. The minimum atomic E-state index is -0.475. The average molecular weight is 415 g/mol. The van der Waals surface area contributed by atoms with Gasteiger partial charge in [0.2, 0.25) is 5.71 Å². The van der Waals surface area contributed by atoms with E-state index in [-0.39, 0.29) is 11.8 Å². The molecule has 1 aliphatic rings. The van der Waals surface area contributed by atoms with Crippen molar-refractivity contribution in [2.45, 2.75) is 31.3 Å². The molecule has 1 heterocycles. The highest BCUT2D eigenvalue weighted by Crippen LogP contribution is 2.27. The van der Waals surface area contributed by atoms with E-state index in [2.05, 4.69) is 15.4 Å². The van der Waals surface area contributed by atoms with Gasteiger partial charge in [0.1, 0.15) is 17.7 Å². The van der Waals surface area contributed by atoms with Gasteiger partial charge in [0, 0.05) is 43.4 Å². The molecular weight excluding hydrogens is 388 g/mol. The van der Waals surface area contributed by atoms with Crippen molar-refractivity contribution in [2.24, 2.45) is 5.10 Å². The summed E-state index contributed by atoms with van der Waals surface area (Å²) in [6.45, 7) is 9.48. The lowest BCUT2D eigenvalue weighted by Crippen LogP contribution is -2.50. The highest BCUT2D eigenvalue weighted by molar-refractivity contribution is 7.99. The van der Waals surface area contributed by atoms with Crippen LogP contribution in [0.3, 0.4) is 0 Å². The van der Waals surface area contributed by atoms with E-state index in [1.165, 1.54) is 0 Å². The number of nitrogens with zero attached hydrogens (tertiary/aromatic N) is 5. The van der Waals surface area contributed by atoms with Crippen molar-refractivity contribution >= 4 is 29.3 Å². The van der Waals surface area contributed by atoms with E-state index in [9.17, 15) is 4.79 Å². The molecular formula is C20H26N6O2S. The number of carbonyl (C=O) groups is 1. The van der Waals surface area contributed by atoms with Crippen molar-refractivity contribution in [3.05, 3.63) is 24.3 Å². The average Bonchev–Trinajstić information content (AvgIpc) is 2.69. The van der Waals surface area contributed by atoms with Gasteiger partial charge in [-0.1, -0.05) is 12.1 Å². The van der Waals surface area contributed by atoms with Crippen LogP contribution in [0.25, 0.3) is 0 Å². The number of carbonyl (C=O) groups excluding carboxylic acids is 1. The summed E-state index contributed by atoms with van der Waals surface area (Å²) in [6.07, 6.45) is -0.249. The van der Waals surface area contributed by atoms with E-state index in [4.69, 9.17) is 15.3 Å². The van der Waals surface area contributed by atoms with Crippen molar-refractivity contribution in [3.63, 3.8) is 0 Å². The third kappa shape index (κ3) is 7.65. The Labute approximate surface area is 176 Å². The first kappa shape index (κ1) is 22.5. The van der Waals surface area contributed by atoms with Crippen molar-refractivity contribution in [1.82, 2.24) is 9.80 Å². The van der Waals surface area contributed by atoms with E-state index in [0.29, 0.717) is 13.1 Å². The molecule has 8 nitrogen and oxygen atoms in total. The summed E-state index contributed by atoms with van der Waals surface area (Å²) in [5.41, 5.74) is 2.86. The zero-order valence-electron chi connectivity index (χ0n) is 17.0. The monoisotopic (exact) mass is 414 g/mol. The van der Waals surface area contributed by atoms with Gasteiger partial charge in [0.05, 0.1) is 5.69 Å². The summed E-state index contributed by atoms with van der Waals surface area (Å²) < 4.78 is 5.43. The van der Waals surface area contributed by atoms with Crippen LogP contribution >= 0.6 is 11.8 Å². The van der Waals surface area contributed by atoms with Gasteiger partial charge in [-0.25, -0.2) is 4.79 Å². The zero-order chi connectivity index (χ0) is 21.3. The molecule has 1 fully saturated rings. The van der Waals surface area contributed by atoms with E-state index in [1.807, 2.05) is 45.0 Å². The van der Waals surface area contributed by atoms with Crippen LogP contribution in [0.2, 0.25) is 0 Å². The number of amides is 1. The molecule has 1 amide bonds. The summed E-state index contributed by atoms with van der Waals surface area (Å²) in [7, 11) is 0. The van der Waals surface area contributed by atoms with Gasteiger partial charge < -0.3 is 9.64 Å². The molecule has 0 atom stereocenters. The quantitative estimate of drug-likeness (QED) is 0.433. The van der Waals surface area contributed by atoms with E-state index < -0.39 is 5.60 Å². The Balaban J connectivity index is 1.79. The van der Waals surface area contributed by atoms with Gasteiger partial charge in [-0.2, -0.15) is 15.6 Å². The van der Waals surface area contributed by atoms with Gasteiger partial charge in [-0.05, 0) is 32.9 Å². The third-order valence-corrected chi connectivity index (χ3v) is 5.13. The minimum absolute atomic E-state index is 0.215. The molecule has 0 spiro atoms. The zero-order valence-corrected chi connectivity index (χ0v) is 17.8. The van der Waals surface area contributed by atoms with Crippen molar-refractivity contribution < 1.29 is 9.53 Å². The second-order valence-electron chi connectivity index (χ2n) is 7.45. The van der Waals surface area contributed by atoms with Crippen LogP contribution in [0.4, 0.5) is 10.5 Å². The lowest BCUT2D eigenvalue weighted by atomic mass is 10.2. The predicted molar refractivity (Wildman–Crippen MR) is 114 cm³/mol. The van der Waals surface area contributed by atoms with Crippen LogP contribution < -0.4 is 5.43 Å². The fourth-order valence-corrected chi connectivity index (χ4v) is 3.65. The third-order valence-electron chi connectivity index (χ3n) is 4.08. The van der Waals surface area contributed by atoms with Crippen LogP contribution in [0, 0.1) is 22.7 Å². The molecule has 1 N–H and O–H groups in total. The molecule has 0 aliphatic carbocycles. The molecule has 0 radical (unpaired) electrons. The maximum Gasteiger partial charge on any atom is 0.410 e. The smallest absolute Gasteiger partial charge is 0.410 e. The number of hydrazone groups is 1. The van der Waals surface area contributed by atoms with E-state index in [1.54, 1.807) is 28.8 Å². The first-order chi connectivity index (χ1) is 13.8. The molecule has 1 aromatic carbocycles. The van der Waals surface area contributed by atoms with Crippen LogP contribution in [-0.2, 0) is 4.74 Å². The number of piperazine rings is 1. The lowest BCUT2D eigenvalue weighted by Gasteiger charge is -2.35. The number of ether oxygens (including phenoxy) is 1. The van der Waals surface area contributed by atoms with Crippen LogP contribution in [0.1, 0.15) is 20.8 Å². The highest BCUT2D eigenvalue weighted by Gasteiger charge is 2.25. The van der Waals surface area contributed by atoms with E-state index in [0.717, 1.165) is 36.0 Å². The Bertz CT molecular complexity index is 797. The Hall–Kier alpha value is -2.75. The van der Waals surface area contributed by atoms with Crippen molar-refractivity contribution in [1.29, 1.82) is 10.5 Å². The molecule has 154 valence electrons. The molecule has 0 saturated carbocycles. The summed E-state index contributed by atoms with van der Waals surface area (Å²) in [5.74, 6) is 0.873. The lowest BCUT2D eigenvalue weighted by molar-refractivity contribution is 0.0150. The highest BCUT2D eigenvalue weighted by atomic mass is 32.2. The Morgan fingerprint density at radius 2 is 1.86 bits per heavy atom. The molecule has 0 unspecified atom stereocenters. The largest absolute Gasteiger partial charge is 0.444 e. The topological polar surface area (TPSA) is 105 Å². The second kappa shape index (κ2) is 10.7. The summed E-state index contributed by atoms with van der Waals surface area (Å²) in [5, 5.41) is 21.4. The van der Waals surface area contributed by atoms with Crippen molar-refractivity contribution in [3.8, 4) is 12.1 Å². The molecule has 0 aromatic heterocycles. The maximum atomic E-state index is 12.1. The Morgan fingerprint density at radius 3 is 2.48 bits per heavy atom. The number of thioether (sulfide) groups is 1. The van der Waals surface area contributed by atoms with Crippen LogP contribution in [0.15, 0.2) is 34.3 Å². The molecule has 2 rings (SSSR count). The Kier molecular flexibility index (Phi) is 8.32. The minimum Gasteiger partial charge on any atom is -0.444 e. The molecule has 0 bridgehead atoms. The fraction of sp³-hybridized carbons (Fsp3) is 0.500. The van der Waals surface area contributed by atoms with Gasteiger partial charge in [0.15, 0.2) is 0 Å². The SMILES string of the molecule is CC(C)(C)OC(=O)N1CCN(CCSc2ccccc2NN=C(C#N)C#N)CC1. The first-order valence-electron chi connectivity index (χ1n) is 9.38.